The van der Waals surface area contributed by atoms with E-state index in [1.807, 2.05) is 6.92 Å². The van der Waals surface area contributed by atoms with Crippen molar-refractivity contribution in [1.29, 1.82) is 0 Å². The zero-order valence-corrected chi connectivity index (χ0v) is 13.1. The SMILES string of the molecule is CC(CNC(=S)S)NC(=S)S.[Zn+2]. The largest absolute Gasteiger partial charge is 2.00 e. The van der Waals surface area contributed by atoms with Crippen LogP contribution in [-0.4, -0.2) is 21.2 Å². The molecule has 0 bridgehead atoms. The van der Waals surface area contributed by atoms with Gasteiger partial charge in [-0.3, -0.25) is 0 Å². The minimum atomic E-state index is 0. The topological polar surface area (TPSA) is 24.1 Å². The van der Waals surface area contributed by atoms with Crippen LogP contribution in [0.15, 0.2) is 0 Å². The number of nitrogens with one attached hydrogen (secondary N) is 2. The molecule has 0 amide bonds. The Morgan fingerprint density at radius 2 is 1.83 bits per heavy atom. The maximum Gasteiger partial charge on any atom is 2.00 e. The van der Waals surface area contributed by atoms with Crippen LogP contribution in [-0.2, 0) is 19.5 Å². The van der Waals surface area contributed by atoms with Crippen molar-refractivity contribution in [2.45, 2.75) is 13.0 Å². The van der Waals surface area contributed by atoms with Gasteiger partial charge in [0.1, 0.15) is 8.64 Å². The predicted octanol–water partition coefficient (Wildman–Crippen LogP) is 0.981. The fraction of sp³-hybridized carbons (Fsp3) is 0.600. The summed E-state index contributed by atoms with van der Waals surface area (Å²) in [6, 6.07) is 0.213. The summed E-state index contributed by atoms with van der Waals surface area (Å²) in [5.74, 6) is 0. The number of thiol groups is 2. The van der Waals surface area contributed by atoms with Crippen molar-refractivity contribution in [3.63, 3.8) is 0 Å². The van der Waals surface area contributed by atoms with Crippen LogP contribution in [0.25, 0.3) is 0 Å². The van der Waals surface area contributed by atoms with Crippen LogP contribution in [0.1, 0.15) is 6.92 Å². The maximum atomic E-state index is 4.73. The molecule has 0 saturated heterocycles. The van der Waals surface area contributed by atoms with Crippen LogP contribution in [0, 0.1) is 0 Å². The molecule has 0 rings (SSSR count). The van der Waals surface area contributed by atoms with Crippen molar-refractivity contribution in [1.82, 2.24) is 10.6 Å². The van der Waals surface area contributed by atoms with E-state index in [9.17, 15) is 0 Å². The van der Waals surface area contributed by atoms with Crippen LogP contribution in [0.4, 0.5) is 0 Å². The molecule has 64 valence electrons. The third kappa shape index (κ3) is 11.1. The Morgan fingerprint density at radius 1 is 1.33 bits per heavy atom. The van der Waals surface area contributed by atoms with Gasteiger partial charge in [-0.1, -0.05) is 24.4 Å². The van der Waals surface area contributed by atoms with Gasteiger partial charge in [-0.15, -0.1) is 25.3 Å². The van der Waals surface area contributed by atoms with Gasteiger partial charge < -0.3 is 10.6 Å². The minimum absolute atomic E-state index is 0. The minimum Gasteiger partial charge on any atom is -0.369 e. The molecular weight excluding hydrogens is 282 g/mol. The Morgan fingerprint density at radius 3 is 2.17 bits per heavy atom. The van der Waals surface area contributed by atoms with Crippen LogP contribution in [0.5, 0.6) is 0 Å². The number of rotatable bonds is 3. The molecule has 2 nitrogen and oxygen atoms in total. The molecule has 0 saturated carbocycles. The molecule has 0 spiro atoms. The van der Waals surface area contributed by atoms with Gasteiger partial charge in [-0.05, 0) is 6.92 Å². The molecule has 12 heavy (non-hydrogen) atoms. The van der Waals surface area contributed by atoms with E-state index in [-0.39, 0.29) is 25.5 Å². The molecule has 1 unspecified atom stereocenters. The van der Waals surface area contributed by atoms with Crippen molar-refractivity contribution in [3.8, 4) is 0 Å². The molecule has 0 fully saturated rings. The zero-order valence-electron chi connectivity index (χ0n) is 6.70. The van der Waals surface area contributed by atoms with E-state index in [1.54, 1.807) is 0 Å². The normalized spacial score (nSPS) is 10.9. The molecule has 2 N–H and O–H groups in total. The van der Waals surface area contributed by atoms with Crippen LogP contribution >= 0.6 is 49.7 Å². The van der Waals surface area contributed by atoms with Gasteiger partial charge in [-0.25, -0.2) is 0 Å². The molecule has 0 heterocycles. The Labute approximate surface area is 107 Å². The second-order valence-corrected chi connectivity index (χ2v) is 4.35. The van der Waals surface area contributed by atoms with Gasteiger partial charge in [0.15, 0.2) is 0 Å². The molecule has 0 aromatic carbocycles. The fourth-order valence-electron chi connectivity index (χ4n) is 0.502. The van der Waals surface area contributed by atoms with E-state index in [0.29, 0.717) is 15.2 Å². The number of hydrogen-bond acceptors (Lipinski definition) is 2. The molecular formula is C5H10N2S4Zn+2. The third-order valence-corrected chi connectivity index (χ3v) is 1.48. The second kappa shape index (κ2) is 8.69. The number of thiocarbonyl (C=S) groups is 2. The van der Waals surface area contributed by atoms with E-state index < -0.39 is 0 Å². The van der Waals surface area contributed by atoms with E-state index >= 15 is 0 Å². The fourth-order valence-corrected chi connectivity index (χ4v) is 1.10. The monoisotopic (exact) mass is 290 g/mol. The van der Waals surface area contributed by atoms with Gasteiger partial charge in [0.25, 0.3) is 0 Å². The molecule has 1 atom stereocenters. The van der Waals surface area contributed by atoms with Crippen molar-refractivity contribution in [2.24, 2.45) is 0 Å². The smallest absolute Gasteiger partial charge is 0.369 e. The molecule has 0 aliphatic carbocycles. The van der Waals surface area contributed by atoms with E-state index in [1.165, 1.54) is 0 Å². The Kier molecular flexibility index (Phi) is 11.3. The first-order valence-corrected chi connectivity index (χ1v) is 4.69. The first-order chi connectivity index (χ1) is 5.02. The first kappa shape index (κ1) is 15.6. The maximum absolute atomic E-state index is 4.73. The summed E-state index contributed by atoms with van der Waals surface area (Å²) in [6.45, 7) is 2.67. The molecule has 7 heteroatoms. The van der Waals surface area contributed by atoms with E-state index in [4.69, 9.17) is 24.4 Å². The average molecular weight is 292 g/mol. The van der Waals surface area contributed by atoms with Crippen molar-refractivity contribution in [3.05, 3.63) is 0 Å². The third-order valence-electron chi connectivity index (χ3n) is 0.929. The summed E-state index contributed by atoms with van der Waals surface area (Å²) >= 11 is 17.3. The standard InChI is InChI=1S/C5H10N2S4.Zn/c1-3(7-5(10)11)2-6-4(8)9;/h3H,2H2,1H3,(H2,6,8,9)(H2,7,10,11);/q;+2. The van der Waals surface area contributed by atoms with E-state index in [2.05, 4.69) is 35.9 Å². The summed E-state index contributed by atoms with van der Waals surface area (Å²) in [5, 5.41) is 5.83. The summed E-state index contributed by atoms with van der Waals surface area (Å²) < 4.78 is 0.980. The summed E-state index contributed by atoms with van der Waals surface area (Å²) in [4.78, 5) is 0. The summed E-state index contributed by atoms with van der Waals surface area (Å²) in [5.41, 5.74) is 0. The molecule has 0 aliphatic rings. The molecule has 0 aromatic heterocycles. The molecule has 0 radical (unpaired) electrons. The van der Waals surface area contributed by atoms with Gasteiger partial charge in [0.05, 0.1) is 0 Å². The average Bonchev–Trinajstić information content (AvgIpc) is 1.82. The summed E-state index contributed by atoms with van der Waals surface area (Å²) in [6.07, 6.45) is 0. The van der Waals surface area contributed by atoms with Gasteiger partial charge in [0.2, 0.25) is 0 Å². The van der Waals surface area contributed by atoms with Crippen LogP contribution < -0.4 is 10.6 Å². The van der Waals surface area contributed by atoms with Crippen molar-refractivity contribution < 1.29 is 19.5 Å². The van der Waals surface area contributed by atoms with Crippen molar-refractivity contribution in [2.75, 3.05) is 6.54 Å². The van der Waals surface area contributed by atoms with E-state index in [0.717, 1.165) is 0 Å². The number of hydrogen-bond donors (Lipinski definition) is 4. The van der Waals surface area contributed by atoms with Crippen molar-refractivity contribution >= 4 is 58.3 Å². The molecule has 0 aliphatic heterocycles. The quantitative estimate of drug-likeness (QED) is 0.354. The predicted molar refractivity (Wildman–Crippen MR) is 63.8 cm³/mol. The van der Waals surface area contributed by atoms with Gasteiger partial charge in [-0.2, -0.15) is 0 Å². The van der Waals surface area contributed by atoms with Crippen LogP contribution in [0.2, 0.25) is 0 Å². The van der Waals surface area contributed by atoms with Gasteiger partial charge in [0, 0.05) is 12.6 Å². The Hall–Kier alpha value is 1.10. The first-order valence-electron chi connectivity index (χ1n) is 2.98. The second-order valence-electron chi connectivity index (χ2n) is 2.04. The van der Waals surface area contributed by atoms with Crippen LogP contribution in [0.3, 0.4) is 0 Å². The van der Waals surface area contributed by atoms with Gasteiger partial charge >= 0.3 is 19.5 Å². The Bertz CT molecular complexity index is 164. The summed E-state index contributed by atoms with van der Waals surface area (Å²) in [7, 11) is 0. The Balaban J connectivity index is 0. The molecule has 0 aromatic rings. The zero-order chi connectivity index (χ0) is 8.85.